The number of rotatable bonds is 7. The average Bonchev–Trinajstić information content (AvgIpc) is 3.30. The number of halogens is 2. The highest BCUT2D eigenvalue weighted by atomic mass is 19.1. The zero-order valence-electron chi connectivity index (χ0n) is 15.8. The van der Waals surface area contributed by atoms with E-state index in [2.05, 4.69) is 15.3 Å². The van der Waals surface area contributed by atoms with Gasteiger partial charge in [-0.2, -0.15) is 5.10 Å². The van der Waals surface area contributed by atoms with Gasteiger partial charge in [0.15, 0.2) is 0 Å². The number of carbonyl (C=O) groups excluding carboxylic acids is 1. The molecule has 1 saturated heterocycles. The number of carbonyl (C=O) groups is 1. The molecule has 2 atom stereocenters. The summed E-state index contributed by atoms with van der Waals surface area (Å²) >= 11 is 0. The molecule has 4 rings (SSSR count). The Morgan fingerprint density at radius 3 is 2.89 bits per heavy atom. The van der Waals surface area contributed by atoms with Gasteiger partial charge in [0.2, 0.25) is 5.91 Å². The van der Waals surface area contributed by atoms with E-state index in [0.29, 0.717) is 30.9 Å². The molecule has 0 bridgehead atoms. The molecule has 1 aromatic heterocycles. The molecule has 8 heteroatoms. The first-order valence-corrected chi connectivity index (χ1v) is 9.55. The van der Waals surface area contributed by atoms with E-state index >= 15 is 0 Å². The lowest BCUT2D eigenvalue weighted by Gasteiger charge is -2.23. The number of aromatic nitrogens is 2. The third kappa shape index (κ3) is 4.23. The summed E-state index contributed by atoms with van der Waals surface area (Å²) < 4.78 is 34.4. The molecule has 0 spiro atoms. The number of amides is 1. The summed E-state index contributed by atoms with van der Waals surface area (Å²) in [5.41, 5.74) is 1.16. The summed E-state index contributed by atoms with van der Waals surface area (Å²) in [4.78, 5) is 14.1. The van der Waals surface area contributed by atoms with E-state index in [0.717, 1.165) is 25.3 Å². The van der Waals surface area contributed by atoms with E-state index < -0.39 is 11.6 Å². The van der Waals surface area contributed by atoms with E-state index in [1.807, 2.05) is 10.9 Å². The lowest BCUT2D eigenvalue weighted by atomic mass is 10.1. The van der Waals surface area contributed by atoms with Crippen molar-refractivity contribution in [2.45, 2.75) is 37.9 Å². The van der Waals surface area contributed by atoms with Crippen LogP contribution in [0.4, 0.5) is 14.5 Å². The van der Waals surface area contributed by atoms with Gasteiger partial charge in [-0.25, -0.2) is 8.78 Å². The molecule has 2 fully saturated rings. The van der Waals surface area contributed by atoms with E-state index in [9.17, 15) is 13.6 Å². The molecule has 1 amide bonds. The summed E-state index contributed by atoms with van der Waals surface area (Å²) in [5.74, 6) is -0.922. The van der Waals surface area contributed by atoms with Crippen molar-refractivity contribution in [3.05, 3.63) is 47.8 Å². The summed E-state index contributed by atoms with van der Waals surface area (Å²) in [5, 5.41) is 7.31. The fourth-order valence-electron chi connectivity index (χ4n) is 3.77. The lowest BCUT2D eigenvalue weighted by Crippen LogP contribution is -2.32. The number of methoxy groups -OCH3 is 1. The smallest absolute Gasteiger partial charge is 0.227 e. The highest BCUT2D eigenvalue weighted by Crippen LogP contribution is 2.32. The molecule has 1 saturated carbocycles. The van der Waals surface area contributed by atoms with Crippen molar-refractivity contribution >= 4 is 11.6 Å². The maximum absolute atomic E-state index is 14.1. The molecule has 0 radical (unpaired) electrons. The Kier molecular flexibility index (Phi) is 5.41. The Labute approximate surface area is 162 Å². The van der Waals surface area contributed by atoms with Gasteiger partial charge in [-0.05, 0) is 25.3 Å². The standard InChI is InChI=1S/C20H24F2N4O2/c1-28-12-18-7-17(11-25(18)9-14-4-5-15(21)6-19(14)22)26-10-16(8-23-26)24-20(27)13-2-3-13/h4-6,8,10,13,17-18H,2-3,7,9,11-12H2,1H3,(H,24,27)/t17-,18-/m0/s1. The van der Waals surface area contributed by atoms with Crippen LogP contribution in [-0.2, 0) is 16.1 Å². The Morgan fingerprint density at radius 1 is 1.36 bits per heavy atom. The number of likely N-dealkylation sites (tertiary alicyclic amines) is 1. The second kappa shape index (κ2) is 7.97. The van der Waals surface area contributed by atoms with Crippen molar-refractivity contribution in [1.82, 2.24) is 14.7 Å². The Balaban J connectivity index is 1.44. The molecule has 1 N–H and O–H groups in total. The van der Waals surface area contributed by atoms with E-state index in [1.165, 1.54) is 12.1 Å². The fourth-order valence-corrected chi connectivity index (χ4v) is 3.77. The van der Waals surface area contributed by atoms with Gasteiger partial charge in [0.25, 0.3) is 0 Å². The highest BCUT2D eigenvalue weighted by molar-refractivity contribution is 5.93. The Morgan fingerprint density at radius 2 is 2.18 bits per heavy atom. The summed E-state index contributed by atoms with van der Waals surface area (Å²) in [7, 11) is 1.64. The minimum absolute atomic E-state index is 0.0524. The fraction of sp³-hybridized carbons (Fsp3) is 0.500. The Hall–Kier alpha value is -2.32. The number of nitrogens with one attached hydrogen (secondary N) is 1. The summed E-state index contributed by atoms with van der Waals surface area (Å²) in [6, 6.07) is 3.88. The third-order valence-electron chi connectivity index (χ3n) is 5.44. The molecule has 28 heavy (non-hydrogen) atoms. The van der Waals surface area contributed by atoms with Gasteiger partial charge in [-0.15, -0.1) is 0 Å². The number of anilines is 1. The van der Waals surface area contributed by atoms with Crippen molar-refractivity contribution in [3.63, 3.8) is 0 Å². The first kappa shape index (κ1) is 19.0. The molecule has 1 aromatic carbocycles. The monoisotopic (exact) mass is 390 g/mol. The number of ether oxygens (including phenoxy) is 1. The molecule has 2 aromatic rings. The van der Waals surface area contributed by atoms with Gasteiger partial charge in [0, 0.05) is 50.0 Å². The second-order valence-corrected chi connectivity index (χ2v) is 7.64. The van der Waals surface area contributed by atoms with Crippen LogP contribution < -0.4 is 5.32 Å². The predicted octanol–water partition coefficient (Wildman–Crippen LogP) is 2.97. The van der Waals surface area contributed by atoms with Gasteiger partial charge < -0.3 is 10.1 Å². The number of benzene rings is 1. The van der Waals surface area contributed by atoms with Crippen LogP contribution in [0.15, 0.2) is 30.6 Å². The first-order chi connectivity index (χ1) is 13.5. The first-order valence-electron chi connectivity index (χ1n) is 9.55. The average molecular weight is 390 g/mol. The number of hydrogen-bond donors (Lipinski definition) is 1. The maximum Gasteiger partial charge on any atom is 0.227 e. The van der Waals surface area contributed by atoms with Crippen molar-refractivity contribution in [2.75, 3.05) is 25.6 Å². The Bertz CT molecular complexity index is 852. The van der Waals surface area contributed by atoms with E-state index in [-0.39, 0.29) is 23.9 Å². The number of nitrogens with zero attached hydrogens (tertiary/aromatic N) is 3. The van der Waals surface area contributed by atoms with Gasteiger partial charge in [-0.1, -0.05) is 6.07 Å². The van der Waals surface area contributed by atoms with Crippen LogP contribution in [0.5, 0.6) is 0 Å². The van der Waals surface area contributed by atoms with Gasteiger partial charge in [0.05, 0.1) is 24.5 Å². The SMILES string of the molecule is COC[C@@H]1C[C@H](n2cc(NC(=O)C3CC3)cn2)CN1Cc1ccc(F)cc1F. The molecule has 1 aliphatic carbocycles. The van der Waals surface area contributed by atoms with Crippen molar-refractivity contribution < 1.29 is 18.3 Å². The van der Waals surface area contributed by atoms with Gasteiger partial charge >= 0.3 is 0 Å². The van der Waals surface area contributed by atoms with E-state index in [1.54, 1.807) is 13.3 Å². The van der Waals surface area contributed by atoms with Crippen LogP contribution in [-0.4, -0.2) is 46.9 Å². The topological polar surface area (TPSA) is 59.4 Å². The largest absolute Gasteiger partial charge is 0.383 e. The van der Waals surface area contributed by atoms with Crippen LogP contribution >= 0.6 is 0 Å². The van der Waals surface area contributed by atoms with Crippen molar-refractivity contribution in [1.29, 1.82) is 0 Å². The van der Waals surface area contributed by atoms with Gasteiger partial charge in [-0.3, -0.25) is 14.4 Å². The number of hydrogen-bond acceptors (Lipinski definition) is 4. The zero-order chi connectivity index (χ0) is 19.7. The predicted molar refractivity (Wildman–Crippen MR) is 99.7 cm³/mol. The molecule has 2 aliphatic rings. The van der Waals surface area contributed by atoms with Crippen LogP contribution in [0.3, 0.4) is 0 Å². The van der Waals surface area contributed by atoms with Crippen LogP contribution in [0.1, 0.15) is 30.9 Å². The van der Waals surface area contributed by atoms with Crippen molar-refractivity contribution in [3.8, 4) is 0 Å². The molecule has 150 valence electrons. The minimum atomic E-state index is -0.577. The normalized spacial score (nSPS) is 22.5. The second-order valence-electron chi connectivity index (χ2n) is 7.64. The quantitative estimate of drug-likeness (QED) is 0.790. The van der Waals surface area contributed by atoms with Crippen molar-refractivity contribution in [2.24, 2.45) is 5.92 Å². The maximum atomic E-state index is 14.1. The molecule has 2 heterocycles. The molecular weight excluding hydrogens is 366 g/mol. The summed E-state index contributed by atoms with van der Waals surface area (Å²) in [6.45, 7) is 1.57. The van der Waals surface area contributed by atoms with Crippen LogP contribution in [0.2, 0.25) is 0 Å². The van der Waals surface area contributed by atoms with Crippen LogP contribution in [0.25, 0.3) is 0 Å². The molecule has 0 unspecified atom stereocenters. The zero-order valence-corrected chi connectivity index (χ0v) is 15.8. The van der Waals surface area contributed by atoms with E-state index in [4.69, 9.17) is 4.74 Å². The summed E-state index contributed by atoms with van der Waals surface area (Å²) in [6.07, 6.45) is 6.21. The molecule has 1 aliphatic heterocycles. The third-order valence-corrected chi connectivity index (χ3v) is 5.44. The molecule has 6 nitrogen and oxygen atoms in total. The van der Waals surface area contributed by atoms with Gasteiger partial charge in [0.1, 0.15) is 11.6 Å². The highest BCUT2D eigenvalue weighted by Gasteiger charge is 2.34. The van der Waals surface area contributed by atoms with Crippen LogP contribution in [0, 0.1) is 17.6 Å². The lowest BCUT2D eigenvalue weighted by molar-refractivity contribution is -0.117. The molecular formula is C20H24F2N4O2. The minimum Gasteiger partial charge on any atom is -0.383 e.